The summed E-state index contributed by atoms with van der Waals surface area (Å²) in [5, 5.41) is 3.99. The van der Waals surface area contributed by atoms with E-state index in [-0.39, 0.29) is 5.82 Å². The van der Waals surface area contributed by atoms with Gasteiger partial charge in [-0.25, -0.2) is 9.07 Å². The zero-order valence-corrected chi connectivity index (χ0v) is 6.81. The Labute approximate surface area is 74.6 Å². The predicted molar refractivity (Wildman–Crippen MR) is 47.9 cm³/mol. The number of anilines is 1. The van der Waals surface area contributed by atoms with Gasteiger partial charge in [0, 0.05) is 12.4 Å². The Morgan fingerprint density at radius 1 is 1.38 bits per heavy atom. The fourth-order valence-corrected chi connectivity index (χ4v) is 1.15. The molecule has 1 aromatic heterocycles. The van der Waals surface area contributed by atoms with Crippen molar-refractivity contribution in [1.29, 1.82) is 0 Å². The zero-order chi connectivity index (χ0) is 9.26. The van der Waals surface area contributed by atoms with Gasteiger partial charge in [0.2, 0.25) is 0 Å². The summed E-state index contributed by atoms with van der Waals surface area (Å²) in [5.41, 5.74) is 6.68. The molecule has 2 N–H and O–H groups in total. The van der Waals surface area contributed by atoms with E-state index >= 15 is 0 Å². The average Bonchev–Trinajstić information content (AvgIpc) is 2.56. The second kappa shape index (κ2) is 2.90. The summed E-state index contributed by atoms with van der Waals surface area (Å²) in [7, 11) is 0. The minimum atomic E-state index is -0.339. The summed E-state index contributed by atoms with van der Waals surface area (Å²) in [5.74, 6) is -0.339. The van der Waals surface area contributed by atoms with E-state index in [2.05, 4.69) is 5.10 Å². The zero-order valence-electron chi connectivity index (χ0n) is 6.81. The van der Waals surface area contributed by atoms with E-state index < -0.39 is 0 Å². The SMILES string of the molecule is Nc1cc(F)ccc1-n1cccn1. The van der Waals surface area contributed by atoms with E-state index in [9.17, 15) is 4.39 Å². The molecule has 1 aromatic carbocycles. The third kappa shape index (κ3) is 1.38. The molecule has 0 fully saturated rings. The smallest absolute Gasteiger partial charge is 0.125 e. The van der Waals surface area contributed by atoms with Crippen LogP contribution < -0.4 is 5.73 Å². The van der Waals surface area contributed by atoms with E-state index in [1.54, 1.807) is 29.2 Å². The molecule has 0 unspecified atom stereocenters. The maximum atomic E-state index is 12.7. The first-order valence-corrected chi connectivity index (χ1v) is 3.82. The molecule has 13 heavy (non-hydrogen) atoms. The molecule has 0 atom stereocenters. The first-order valence-electron chi connectivity index (χ1n) is 3.82. The third-order valence-corrected chi connectivity index (χ3v) is 1.74. The average molecular weight is 177 g/mol. The standard InChI is InChI=1S/C9H8FN3/c10-7-2-3-9(8(11)6-7)13-5-1-4-12-13/h1-6H,11H2. The van der Waals surface area contributed by atoms with Crippen LogP contribution in [0.5, 0.6) is 0 Å². The molecule has 1 heterocycles. The van der Waals surface area contributed by atoms with Gasteiger partial charge in [-0.3, -0.25) is 0 Å². The summed E-state index contributed by atoms with van der Waals surface area (Å²) < 4.78 is 14.3. The van der Waals surface area contributed by atoms with Crippen molar-refractivity contribution in [2.45, 2.75) is 0 Å². The maximum Gasteiger partial charge on any atom is 0.125 e. The molecule has 0 aliphatic heterocycles. The molecule has 3 nitrogen and oxygen atoms in total. The summed E-state index contributed by atoms with van der Waals surface area (Å²) in [6.45, 7) is 0. The number of rotatable bonds is 1. The fourth-order valence-electron chi connectivity index (χ4n) is 1.15. The van der Waals surface area contributed by atoms with E-state index in [1.165, 1.54) is 12.1 Å². The number of nitrogen functional groups attached to an aromatic ring is 1. The highest BCUT2D eigenvalue weighted by Gasteiger charge is 2.01. The van der Waals surface area contributed by atoms with Gasteiger partial charge in [-0.15, -0.1) is 0 Å². The van der Waals surface area contributed by atoms with Gasteiger partial charge in [0.1, 0.15) is 5.82 Å². The highest BCUT2D eigenvalue weighted by Crippen LogP contribution is 2.16. The molecule has 4 heteroatoms. The second-order valence-electron chi connectivity index (χ2n) is 2.65. The lowest BCUT2D eigenvalue weighted by atomic mass is 10.2. The molecule has 0 bridgehead atoms. The Kier molecular flexibility index (Phi) is 1.73. The van der Waals surface area contributed by atoms with Gasteiger partial charge >= 0.3 is 0 Å². The minimum absolute atomic E-state index is 0.339. The highest BCUT2D eigenvalue weighted by molar-refractivity contribution is 5.57. The van der Waals surface area contributed by atoms with Crippen LogP contribution in [0.2, 0.25) is 0 Å². The number of hydrogen-bond acceptors (Lipinski definition) is 2. The van der Waals surface area contributed by atoms with Crippen molar-refractivity contribution >= 4 is 5.69 Å². The molecule has 2 rings (SSSR count). The van der Waals surface area contributed by atoms with Crippen LogP contribution in [0.15, 0.2) is 36.7 Å². The van der Waals surface area contributed by atoms with Crippen LogP contribution >= 0.6 is 0 Å². The summed E-state index contributed by atoms with van der Waals surface area (Å²) >= 11 is 0. The van der Waals surface area contributed by atoms with Crippen LogP contribution in [0.1, 0.15) is 0 Å². The van der Waals surface area contributed by atoms with Crippen LogP contribution in [-0.4, -0.2) is 9.78 Å². The Morgan fingerprint density at radius 3 is 2.85 bits per heavy atom. The van der Waals surface area contributed by atoms with Crippen LogP contribution in [0, 0.1) is 5.82 Å². The molecular formula is C9H8FN3. The van der Waals surface area contributed by atoms with E-state index in [0.29, 0.717) is 11.4 Å². The summed E-state index contributed by atoms with van der Waals surface area (Å²) in [6, 6.07) is 6.00. The highest BCUT2D eigenvalue weighted by atomic mass is 19.1. The Hall–Kier alpha value is -1.84. The van der Waals surface area contributed by atoms with Crippen LogP contribution in [0.25, 0.3) is 5.69 Å². The topological polar surface area (TPSA) is 43.8 Å². The lowest BCUT2D eigenvalue weighted by Crippen LogP contribution is -2.00. The molecule has 0 spiro atoms. The Bertz CT molecular complexity index is 409. The molecule has 0 aliphatic carbocycles. The third-order valence-electron chi connectivity index (χ3n) is 1.74. The van der Waals surface area contributed by atoms with Crippen LogP contribution in [0.3, 0.4) is 0 Å². The summed E-state index contributed by atoms with van der Waals surface area (Å²) in [6.07, 6.45) is 3.40. The molecule has 66 valence electrons. The molecule has 0 saturated heterocycles. The van der Waals surface area contributed by atoms with E-state index in [1.807, 2.05) is 0 Å². The number of aromatic nitrogens is 2. The first kappa shape index (κ1) is 7.79. The number of benzene rings is 1. The number of nitrogens with two attached hydrogens (primary N) is 1. The Morgan fingerprint density at radius 2 is 2.23 bits per heavy atom. The molecule has 0 radical (unpaired) electrons. The van der Waals surface area contributed by atoms with Crippen LogP contribution in [-0.2, 0) is 0 Å². The summed E-state index contributed by atoms with van der Waals surface area (Å²) in [4.78, 5) is 0. The second-order valence-corrected chi connectivity index (χ2v) is 2.65. The van der Waals surface area contributed by atoms with Crippen molar-refractivity contribution in [2.75, 3.05) is 5.73 Å². The number of nitrogens with zero attached hydrogens (tertiary/aromatic N) is 2. The van der Waals surface area contributed by atoms with Crippen LogP contribution in [0.4, 0.5) is 10.1 Å². The van der Waals surface area contributed by atoms with Gasteiger partial charge in [-0.1, -0.05) is 0 Å². The van der Waals surface area contributed by atoms with Gasteiger partial charge in [-0.2, -0.15) is 5.10 Å². The molecule has 0 aliphatic rings. The van der Waals surface area contributed by atoms with Gasteiger partial charge in [0.25, 0.3) is 0 Å². The van der Waals surface area contributed by atoms with Crippen molar-refractivity contribution in [1.82, 2.24) is 9.78 Å². The quantitative estimate of drug-likeness (QED) is 0.672. The number of hydrogen-bond donors (Lipinski definition) is 1. The molecule has 0 saturated carbocycles. The van der Waals surface area contributed by atoms with Gasteiger partial charge < -0.3 is 5.73 Å². The van der Waals surface area contributed by atoms with E-state index in [4.69, 9.17) is 5.73 Å². The van der Waals surface area contributed by atoms with Gasteiger partial charge in [-0.05, 0) is 24.3 Å². The van der Waals surface area contributed by atoms with Gasteiger partial charge in [0.15, 0.2) is 0 Å². The lowest BCUT2D eigenvalue weighted by Gasteiger charge is -2.04. The van der Waals surface area contributed by atoms with Crippen molar-refractivity contribution < 1.29 is 4.39 Å². The largest absolute Gasteiger partial charge is 0.397 e. The predicted octanol–water partition coefficient (Wildman–Crippen LogP) is 1.59. The lowest BCUT2D eigenvalue weighted by molar-refractivity contribution is 0.628. The molecule has 0 amide bonds. The first-order chi connectivity index (χ1) is 6.27. The minimum Gasteiger partial charge on any atom is -0.397 e. The molecule has 2 aromatic rings. The molecular weight excluding hydrogens is 169 g/mol. The Balaban J connectivity index is 2.53. The monoisotopic (exact) mass is 177 g/mol. The fraction of sp³-hybridized carbons (Fsp3) is 0. The van der Waals surface area contributed by atoms with Crippen molar-refractivity contribution in [2.24, 2.45) is 0 Å². The van der Waals surface area contributed by atoms with Crippen molar-refractivity contribution in [3.63, 3.8) is 0 Å². The van der Waals surface area contributed by atoms with E-state index in [0.717, 1.165) is 0 Å². The van der Waals surface area contributed by atoms with Crippen molar-refractivity contribution in [3.05, 3.63) is 42.5 Å². The van der Waals surface area contributed by atoms with Crippen molar-refractivity contribution in [3.8, 4) is 5.69 Å². The van der Waals surface area contributed by atoms with Gasteiger partial charge in [0.05, 0.1) is 11.4 Å². The normalized spacial score (nSPS) is 10.2. The maximum absolute atomic E-state index is 12.7. The number of halogens is 1.